The van der Waals surface area contributed by atoms with Crippen LogP contribution in [0.5, 0.6) is 0 Å². The first kappa shape index (κ1) is 14.1. The van der Waals surface area contributed by atoms with Gasteiger partial charge in [-0.15, -0.1) is 10.2 Å². The highest BCUT2D eigenvalue weighted by molar-refractivity contribution is 4.85. The van der Waals surface area contributed by atoms with E-state index in [1.54, 1.807) is 6.33 Å². The van der Waals surface area contributed by atoms with E-state index in [4.69, 9.17) is 0 Å². The van der Waals surface area contributed by atoms with Crippen LogP contribution in [0, 0.1) is 0 Å². The fourth-order valence-electron chi connectivity index (χ4n) is 1.14. The summed E-state index contributed by atoms with van der Waals surface area (Å²) in [4.78, 5) is 0. The number of hydrogen-bond donors (Lipinski definition) is 1. The summed E-state index contributed by atoms with van der Waals surface area (Å²) in [6.07, 6.45) is 2.91. The Morgan fingerprint density at radius 1 is 1.40 bits per heavy atom. The minimum absolute atomic E-state index is 0.492. The van der Waals surface area contributed by atoms with Crippen molar-refractivity contribution in [1.82, 2.24) is 20.1 Å². The number of nitrogens with zero attached hydrogens (tertiary/aromatic N) is 3. The quantitative estimate of drug-likeness (QED) is 0.813. The van der Waals surface area contributed by atoms with Gasteiger partial charge in [0.15, 0.2) is 0 Å². The summed E-state index contributed by atoms with van der Waals surface area (Å²) in [5.74, 6) is 1.02. The minimum atomic E-state index is 0.492. The van der Waals surface area contributed by atoms with Crippen molar-refractivity contribution in [3.63, 3.8) is 0 Å². The Bertz CT molecular complexity index is 242. The van der Waals surface area contributed by atoms with Crippen LogP contribution in [-0.2, 0) is 13.1 Å². The molecular formula is C11H24N4. The predicted octanol–water partition coefficient (Wildman–Crippen LogP) is 2.21. The van der Waals surface area contributed by atoms with Crippen molar-refractivity contribution >= 4 is 0 Å². The van der Waals surface area contributed by atoms with Crippen molar-refractivity contribution in [3.05, 3.63) is 12.2 Å². The van der Waals surface area contributed by atoms with Gasteiger partial charge in [0.2, 0.25) is 0 Å². The van der Waals surface area contributed by atoms with Crippen molar-refractivity contribution in [3.8, 4) is 0 Å². The van der Waals surface area contributed by atoms with Gasteiger partial charge in [-0.3, -0.25) is 0 Å². The molecule has 0 radical (unpaired) electrons. The molecule has 1 N–H and O–H groups in total. The standard InChI is InChI=1S/C9H18N4.C2H6/c1-4-5-13-7-11-12-9(13)6-10-8(2)3;1-2/h7-8,10H,4-6H2,1-3H3;1-2H3. The van der Waals surface area contributed by atoms with Crippen LogP contribution in [0.25, 0.3) is 0 Å². The topological polar surface area (TPSA) is 42.7 Å². The lowest BCUT2D eigenvalue weighted by Gasteiger charge is -2.08. The zero-order chi connectivity index (χ0) is 11.7. The second-order valence-corrected chi connectivity index (χ2v) is 3.48. The highest BCUT2D eigenvalue weighted by Gasteiger charge is 2.02. The van der Waals surface area contributed by atoms with Crippen molar-refractivity contribution in [2.24, 2.45) is 0 Å². The monoisotopic (exact) mass is 212 g/mol. The van der Waals surface area contributed by atoms with Crippen molar-refractivity contribution in [2.45, 2.75) is 60.2 Å². The molecule has 1 rings (SSSR count). The molecule has 0 saturated carbocycles. The third-order valence-corrected chi connectivity index (χ3v) is 1.83. The Hall–Kier alpha value is -0.900. The number of aryl methyl sites for hydroxylation is 1. The first-order valence-electron chi connectivity index (χ1n) is 5.84. The Morgan fingerprint density at radius 2 is 2.07 bits per heavy atom. The molecule has 1 aromatic rings. The molecule has 0 saturated heterocycles. The molecule has 0 aliphatic heterocycles. The van der Waals surface area contributed by atoms with E-state index >= 15 is 0 Å². The maximum atomic E-state index is 4.06. The highest BCUT2D eigenvalue weighted by atomic mass is 15.3. The minimum Gasteiger partial charge on any atom is -0.317 e. The van der Waals surface area contributed by atoms with Gasteiger partial charge in [0.1, 0.15) is 12.2 Å². The van der Waals surface area contributed by atoms with Crippen LogP contribution in [0.2, 0.25) is 0 Å². The van der Waals surface area contributed by atoms with E-state index in [1.807, 2.05) is 13.8 Å². The van der Waals surface area contributed by atoms with Crippen LogP contribution in [0.15, 0.2) is 6.33 Å². The van der Waals surface area contributed by atoms with Gasteiger partial charge in [0.25, 0.3) is 0 Å². The number of nitrogens with one attached hydrogen (secondary N) is 1. The van der Waals surface area contributed by atoms with Crippen LogP contribution >= 0.6 is 0 Å². The van der Waals surface area contributed by atoms with Crippen molar-refractivity contribution in [2.75, 3.05) is 0 Å². The first-order chi connectivity index (χ1) is 7.24. The lowest BCUT2D eigenvalue weighted by atomic mass is 10.4. The SMILES string of the molecule is CC.CCCn1cnnc1CNC(C)C. The molecule has 0 amide bonds. The van der Waals surface area contributed by atoms with E-state index in [-0.39, 0.29) is 0 Å². The maximum absolute atomic E-state index is 4.06. The molecule has 0 spiro atoms. The van der Waals surface area contributed by atoms with E-state index in [9.17, 15) is 0 Å². The number of rotatable bonds is 5. The Labute approximate surface area is 93.1 Å². The Morgan fingerprint density at radius 3 is 2.60 bits per heavy atom. The molecule has 0 unspecified atom stereocenters. The van der Waals surface area contributed by atoms with Crippen LogP contribution in [0.4, 0.5) is 0 Å². The molecule has 88 valence electrons. The van der Waals surface area contributed by atoms with E-state index in [0.29, 0.717) is 6.04 Å². The Balaban J connectivity index is 0.000000921. The summed E-state index contributed by atoms with van der Waals surface area (Å²) < 4.78 is 2.09. The lowest BCUT2D eigenvalue weighted by Crippen LogP contribution is -2.24. The molecule has 0 aliphatic carbocycles. The second kappa shape index (κ2) is 8.41. The molecule has 0 fully saturated rings. The summed E-state index contributed by atoms with van der Waals surface area (Å²) >= 11 is 0. The third kappa shape index (κ3) is 5.52. The molecule has 0 atom stereocenters. The smallest absolute Gasteiger partial charge is 0.146 e. The van der Waals surface area contributed by atoms with Gasteiger partial charge in [-0.25, -0.2) is 0 Å². The van der Waals surface area contributed by atoms with Crippen LogP contribution < -0.4 is 5.32 Å². The zero-order valence-corrected chi connectivity index (χ0v) is 10.6. The fourth-order valence-corrected chi connectivity index (χ4v) is 1.14. The fraction of sp³-hybridized carbons (Fsp3) is 0.818. The van der Waals surface area contributed by atoms with Gasteiger partial charge in [-0.2, -0.15) is 0 Å². The molecule has 0 bridgehead atoms. The van der Waals surface area contributed by atoms with E-state index in [2.05, 4.69) is 40.9 Å². The summed E-state index contributed by atoms with van der Waals surface area (Å²) in [6.45, 7) is 12.2. The number of hydrogen-bond acceptors (Lipinski definition) is 3. The highest BCUT2D eigenvalue weighted by Crippen LogP contribution is 1.97. The van der Waals surface area contributed by atoms with Gasteiger partial charge >= 0.3 is 0 Å². The predicted molar refractivity (Wildman–Crippen MR) is 63.6 cm³/mol. The van der Waals surface area contributed by atoms with Gasteiger partial charge in [0, 0.05) is 12.6 Å². The molecule has 0 aromatic carbocycles. The van der Waals surface area contributed by atoms with E-state index < -0.39 is 0 Å². The van der Waals surface area contributed by atoms with Gasteiger partial charge in [0.05, 0.1) is 6.54 Å². The normalized spacial score (nSPS) is 10.0. The maximum Gasteiger partial charge on any atom is 0.146 e. The molecule has 4 nitrogen and oxygen atoms in total. The largest absolute Gasteiger partial charge is 0.317 e. The molecular weight excluding hydrogens is 188 g/mol. The summed E-state index contributed by atoms with van der Waals surface area (Å²) in [6, 6.07) is 0.492. The lowest BCUT2D eigenvalue weighted by molar-refractivity contribution is 0.541. The summed E-state index contributed by atoms with van der Waals surface area (Å²) in [7, 11) is 0. The Kier molecular flexibility index (Phi) is 7.91. The van der Waals surface area contributed by atoms with Crippen molar-refractivity contribution in [1.29, 1.82) is 0 Å². The second-order valence-electron chi connectivity index (χ2n) is 3.48. The van der Waals surface area contributed by atoms with Gasteiger partial charge in [-0.05, 0) is 6.42 Å². The van der Waals surface area contributed by atoms with Crippen molar-refractivity contribution < 1.29 is 0 Å². The summed E-state index contributed by atoms with van der Waals surface area (Å²) in [5, 5.41) is 11.3. The average Bonchev–Trinajstić information content (AvgIpc) is 2.66. The summed E-state index contributed by atoms with van der Waals surface area (Å²) in [5.41, 5.74) is 0. The molecule has 4 heteroatoms. The first-order valence-corrected chi connectivity index (χ1v) is 5.84. The van der Waals surface area contributed by atoms with E-state index in [1.165, 1.54) is 0 Å². The zero-order valence-electron chi connectivity index (χ0n) is 10.6. The molecule has 1 heterocycles. The number of aromatic nitrogens is 3. The molecule has 0 aliphatic rings. The van der Waals surface area contributed by atoms with E-state index in [0.717, 1.165) is 25.3 Å². The molecule has 15 heavy (non-hydrogen) atoms. The van der Waals surface area contributed by atoms with Crippen LogP contribution in [0.3, 0.4) is 0 Å². The van der Waals surface area contributed by atoms with Gasteiger partial charge < -0.3 is 9.88 Å². The van der Waals surface area contributed by atoms with Crippen LogP contribution in [0.1, 0.15) is 46.9 Å². The molecule has 1 aromatic heterocycles. The van der Waals surface area contributed by atoms with Crippen LogP contribution in [-0.4, -0.2) is 20.8 Å². The average molecular weight is 212 g/mol. The third-order valence-electron chi connectivity index (χ3n) is 1.83. The van der Waals surface area contributed by atoms with Gasteiger partial charge in [-0.1, -0.05) is 34.6 Å².